The first kappa shape index (κ1) is 18.7. The molecule has 1 heterocycles. The van der Waals surface area contributed by atoms with Crippen molar-refractivity contribution in [1.82, 2.24) is 10.2 Å². The van der Waals surface area contributed by atoms with Gasteiger partial charge >= 0.3 is 12.1 Å². The van der Waals surface area contributed by atoms with Gasteiger partial charge in [0.2, 0.25) is 0 Å². The summed E-state index contributed by atoms with van der Waals surface area (Å²) in [5, 5.41) is 3.50. The molecule has 6 nitrogen and oxygen atoms in total. The third-order valence-corrected chi connectivity index (χ3v) is 3.75. The molecule has 0 aromatic rings. The van der Waals surface area contributed by atoms with E-state index in [1.54, 1.807) is 4.90 Å². The number of carbonyl (C=O) groups is 2. The van der Waals surface area contributed by atoms with Gasteiger partial charge in [-0.1, -0.05) is 6.92 Å². The summed E-state index contributed by atoms with van der Waals surface area (Å²) in [6, 6.07) is 0.457. The lowest BCUT2D eigenvalue weighted by atomic mass is 10.0. The zero-order valence-electron chi connectivity index (χ0n) is 14.5. The van der Waals surface area contributed by atoms with Crippen LogP contribution in [0.3, 0.4) is 0 Å². The molecular weight excluding hydrogens is 284 g/mol. The van der Waals surface area contributed by atoms with Crippen molar-refractivity contribution in [1.29, 1.82) is 0 Å². The molecule has 0 saturated carbocycles. The van der Waals surface area contributed by atoms with Gasteiger partial charge in [-0.15, -0.1) is 0 Å². The SMILES string of the molecule is CCC(CC(=O)OC)NC1CCN(C(=O)OC(C)(C)C)CC1. The molecule has 22 heavy (non-hydrogen) atoms. The molecule has 1 N–H and O–H groups in total. The van der Waals surface area contributed by atoms with E-state index >= 15 is 0 Å². The third kappa shape index (κ3) is 6.64. The zero-order chi connectivity index (χ0) is 16.8. The Morgan fingerprint density at radius 1 is 1.27 bits per heavy atom. The second-order valence-corrected chi connectivity index (χ2v) is 6.79. The first-order chi connectivity index (χ1) is 10.2. The van der Waals surface area contributed by atoms with Gasteiger partial charge in [0.1, 0.15) is 5.60 Å². The first-order valence-electron chi connectivity index (χ1n) is 8.06. The summed E-state index contributed by atoms with van der Waals surface area (Å²) in [5.74, 6) is -0.189. The highest BCUT2D eigenvalue weighted by molar-refractivity contribution is 5.70. The molecule has 1 saturated heterocycles. The Bertz CT molecular complexity index is 371. The minimum absolute atomic E-state index is 0.130. The van der Waals surface area contributed by atoms with Crippen LogP contribution in [0.2, 0.25) is 0 Å². The molecule has 1 atom stereocenters. The van der Waals surface area contributed by atoms with Crippen molar-refractivity contribution in [2.75, 3.05) is 20.2 Å². The van der Waals surface area contributed by atoms with Crippen molar-refractivity contribution in [3.8, 4) is 0 Å². The second-order valence-electron chi connectivity index (χ2n) is 6.79. The minimum Gasteiger partial charge on any atom is -0.469 e. The first-order valence-corrected chi connectivity index (χ1v) is 8.06. The number of likely N-dealkylation sites (tertiary alicyclic amines) is 1. The number of nitrogens with zero attached hydrogens (tertiary/aromatic N) is 1. The van der Waals surface area contributed by atoms with Crippen molar-refractivity contribution < 1.29 is 19.1 Å². The van der Waals surface area contributed by atoms with E-state index < -0.39 is 5.60 Å². The normalized spacial score (nSPS) is 18.0. The van der Waals surface area contributed by atoms with E-state index in [0.29, 0.717) is 25.6 Å². The average Bonchev–Trinajstić information content (AvgIpc) is 2.45. The number of amides is 1. The molecule has 0 aromatic heterocycles. The molecule has 0 aliphatic carbocycles. The van der Waals surface area contributed by atoms with E-state index in [9.17, 15) is 9.59 Å². The topological polar surface area (TPSA) is 67.9 Å². The lowest BCUT2D eigenvalue weighted by Crippen LogP contribution is -2.49. The summed E-state index contributed by atoms with van der Waals surface area (Å²) in [4.78, 5) is 25.1. The fourth-order valence-electron chi connectivity index (χ4n) is 2.49. The van der Waals surface area contributed by atoms with Crippen LogP contribution in [-0.4, -0.2) is 54.8 Å². The zero-order valence-corrected chi connectivity index (χ0v) is 14.5. The smallest absolute Gasteiger partial charge is 0.410 e. The van der Waals surface area contributed by atoms with Gasteiger partial charge in [-0.3, -0.25) is 4.79 Å². The summed E-state index contributed by atoms with van der Waals surface area (Å²) >= 11 is 0. The molecule has 1 fully saturated rings. The molecule has 1 unspecified atom stereocenters. The Kier molecular flexibility index (Phi) is 7.13. The van der Waals surface area contributed by atoms with E-state index in [-0.39, 0.29) is 18.1 Å². The van der Waals surface area contributed by atoms with Gasteiger partial charge in [-0.25, -0.2) is 4.79 Å². The predicted octanol–water partition coefficient (Wildman–Crippen LogP) is 2.32. The number of ether oxygens (including phenoxy) is 2. The van der Waals surface area contributed by atoms with Gasteiger partial charge in [0.25, 0.3) is 0 Å². The number of carbonyl (C=O) groups excluding carboxylic acids is 2. The van der Waals surface area contributed by atoms with Gasteiger partial charge in [-0.2, -0.15) is 0 Å². The summed E-state index contributed by atoms with van der Waals surface area (Å²) < 4.78 is 10.1. The predicted molar refractivity (Wildman–Crippen MR) is 84.7 cm³/mol. The highest BCUT2D eigenvalue weighted by Crippen LogP contribution is 2.16. The average molecular weight is 314 g/mol. The molecular formula is C16H30N2O4. The number of piperidine rings is 1. The van der Waals surface area contributed by atoms with E-state index in [1.165, 1.54) is 7.11 Å². The van der Waals surface area contributed by atoms with Gasteiger partial charge in [0.15, 0.2) is 0 Å². The van der Waals surface area contributed by atoms with Crippen molar-refractivity contribution in [3.05, 3.63) is 0 Å². The van der Waals surface area contributed by atoms with Crippen LogP contribution in [0, 0.1) is 0 Å². The lowest BCUT2D eigenvalue weighted by Gasteiger charge is -2.35. The van der Waals surface area contributed by atoms with E-state index in [0.717, 1.165) is 19.3 Å². The number of esters is 1. The van der Waals surface area contributed by atoms with E-state index in [2.05, 4.69) is 12.2 Å². The maximum Gasteiger partial charge on any atom is 0.410 e. The monoisotopic (exact) mass is 314 g/mol. The Hall–Kier alpha value is -1.30. The Balaban J connectivity index is 2.38. The molecule has 1 aliphatic rings. The van der Waals surface area contributed by atoms with Crippen molar-refractivity contribution in [3.63, 3.8) is 0 Å². The fraction of sp³-hybridized carbons (Fsp3) is 0.875. The Morgan fingerprint density at radius 2 is 1.86 bits per heavy atom. The highest BCUT2D eigenvalue weighted by atomic mass is 16.6. The van der Waals surface area contributed by atoms with Crippen LogP contribution in [0.25, 0.3) is 0 Å². The van der Waals surface area contributed by atoms with Crippen LogP contribution in [-0.2, 0) is 14.3 Å². The van der Waals surface area contributed by atoms with Crippen molar-refractivity contribution >= 4 is 12.1 Å². The Morgan fingerprint density at radius 3 is 2.32 bits per heavy atom. The van der Waals surface area contributed by atoms with Crippen LogP contribution in [0.15, 0.2) is 0 Å². The number of methoxy groups -OCH3 is 1. The molecule has 128 valence electrons. The largest absolute Gasteiger partial charge is 0.469 e. The molecule has 6 heteroatoms. The van der Waals surface area contributed by atoms with Crippen LogP contribution < -0.4 is 5.32 Å². The lowest BCUT2D eigenvalue weighted by molar-refractivity contribution is -0.141. The van der Waals surface area contributed by atoms with Crippen LogP contribution in [0.5, 0.6) is 0 Å². The molecule has 0 radical (unpaired) electrons. The summed E-state index contributed by atoms with van der Waals surface area (Å²) in [6.07, 6.45) is 2.77. The molecule has 0 aromatic carbocycles. The van der Waals surface area contributed by atoms with Gasteiger partial charge in [0.05, 0.1) is 13.5 Å². The summed E-state index contributed by atoms with van der Waals surface area (Å²) in [6.45, 7) is 9.03. The highest BCUT2D eigenvalue weighted by Gasteiger charge is 2.27. The van der Waals surface area contributed by atoms with Gasteiger partial charge in [-0.05, 0) is 40.0 Å². The Labute approximate surface area is 133 Å². The molecule has 0 bridgehead atoms. The number of hydrogen-bond acceptors (Lipinski definition) is 5. The molecule has 1 rings (SSSR count). The van der Waals surface area contributed by atoms with Crippen LogP contribution in [0.1, 0.15) is 53.4 Å². The maximum atomic E-state index is 12.0. The minimum atomic E-state index is -0.458. The molecule has 1 aliphatic heterocycles. The maximum absolute atomic E-state index is 12.0. The van der Waals surface area contributed by atoms with Crippen LogP contribution in [0.4, 0.5) is 4.79 Å². The van der Waals surface area contributed by atoms with Crippen LogP contribution >= 0.6 is 0 Å². The van der Waals surface area contributed by atoms with E-state index in [1.807, 2.05) is 20.8 Å². The summed E-state index contributed by atoms with van der Waals surface area (Å²) in [7, 11) is 1.41. The fourth-order valence-corrected chi connectivity index (χ4v) is 2.49. The third-order valence-electron chi connectivity index (χ3n) is 3.75. The quantitative estimate of drug-likeness (QED) is 0.789. The second kappa shape index (κ2) is 8.36. The van der Waals surface area contributed by atoms with Crippen molar-refractivity contribution in [2.45, 2.75) is 71.1 Å². The van der Waals surface area contributed by atoms with E-state index in [4.69, 9.17) is 9.47 Å². The summed E-state index contributed by atoms with van der Waals surface area (Å²) in [5.41, 5.74) is -0.458. The number of rotatable bonds is 5. The standard InChI is InChI=1S/C16H30N2O4/c1-6-12(11-14(19)21-5)17-13-7-9-18(10-8-13)15(20)22-16(2,3)4/h12-13,17H,6-11H2,1-5H3. The van der Waals surface area contributed by atoms with Crippen molar-refractivity contribution in [2.24, 2.45) is 0 Å². The van der Waals surface area contributed by atoms with Gasteiger partial charge in [0, 0.05) is 25.2 Å². The van der Waals surface area contributed by atoms with Gasteiger partial charge < -0.3 is 19.7 Å². The number of nitrogens with one attached hydrogen (secondary N) is 1. The molecule has 0 spiro atoms. The number of hydrogen-bond donors (Lipinski definition) is 1. The molecule has 1 amide bonds.